The summed E-state index contributed by atoms with van der Waals surface area (Å²) in [7, 11) is 3.15. The van der Waals surface area contributed by atoms with Crippen molar-refractivity contribution >= 4 is 29.9 Å². The normalized spacial score (nSPS) is 37.8. The first-order valence-electron chi connectivity index (χ1n) is 24.3. The van der Waals surface area contributed by atoms with E-state index in [9.17, 15) is 24.0 Å². The van der Waals surface area contributed by atoms with Crippen LogP contribution in [0.1, 0.15) is 136 Å². The summed E-state index contributed by atoms with van der Waals surface area (Å²) in [5.74, 6) is 1.31. The van der Waals surface area contributed by atoms with Gasteiger partial charge in [0.05, 0.1) is 11.5 Å². The largest absolute Gasteiger partial charge is 0.462 e. The molecule has 1 saturated heterocycles. The van der Waals surface area contributed by atoms with Gasteiger partial charge in [0.15, 0.2) is 5.78 Å². The number of fused-ring (bicyclic) bond motifs is 7. The molecule has 12 atom stereocenters. The average Bonchev–Trinajstić information content (AvgIpc) is 3.55. The molecule has 11 heteroatoms. The van der Waals surface area contributed by atoms with Crippen molar-refractivity contribution in [2.24, 2.45) is 64.1 Å². The second-order valence-electron chi connectivity index (χ2n) is 22.4. The fourth-order valence-electron chi connectivity index (χ4n) is 14.6. The molecular weight excluding hydrogens is 793 g/mol. The fourth-order valence-corrected chi connectivity index (χ4v) is 14.6. The molecule has 3 N–H and O–H groups in total. The first-order chi connectivity index (χ1) is 29.8. The number of amides is 2. The van der Waals surface area contributed by atoms with Crippen LogP contribution in [0.2, 0.25) is 0 Å². The number of aliphatic hydroxyl groups is 1. The Balaban J connectivity index is 0.00000293. The fraction of sp³-hybridized carbons (Fsp3) is 0.750. The molecule has 7 aliphatic rings. The van der Waals surface area contributed by atoms with Crippen molar-refractivity contribution in [3.05, 3.63) is 46.5 Å². The van der Waals surface area contributed by atoms with Crippen molar-refractivity contribution in [3.63, 3.8) is 0 Å². The van der Waals surface area contributed by atoms with Crippen molar-refractivity contribution in [1.82, 2.24) is 20.4 Å². The van der Waals surface area contributed by atoms with Crippen LogP contribution in [0.25, 0.3) is 0 Å². The number of ketones is 1. The lowest BCUT2D eigenvalue weighted by atomic mass is 9.38. The number of likely N-dealkylation sites (N-methyl/N-ethyl adjacent to an activating group) is 1. The number of rotatable bonds is 10. The van der Waals surface area contributed by atoms with Gasteiger partial charge in [-0.05, 0) is 160 Å². The van der Waals surface area contributed by atoms with Crippen LogP contribution in [0.5, 0.6) is 0 Å². The molecule has 0 spiro atoms. The Hall–Kier alpha value is -3.41. The van der Waals surface area contributed by atoms with Gasteiger partial charge in [0, 0.05) is 57.7 Å². The van der Waals surface area contributed by atoms with Gasteiger partial charge in [-0.2, -0.15) is 0 Å². The molecule has 11 nitrogen and oxygen atoms in total. The lowest BCUT2D eigenvalue weighted by molar-refractivity contribution is -0.195. The third kappa shape index (κ3) is 8.50. The summed E-state index contributed by atoms with van der Waals surface area (Å²) in [5, 5.41) is 13.5. The number of carbonyl (C=O) groups is 5. The van der Waals surface area contributed by atoms with Crippen molar-refractivity contribution in [2.75, 3.05) is 40.3 Å². The van der Waals surface area contributed by atoms with E-state index in [1.54, 1.807) is 13.8 Å². The second kappa shape index (κ2) is 18.1. The smallest absolute Gasteiger partial charge is 0.309 e. The first-order valence-corrected chi connectivity index (χ1v) is 24.3. The maximum atomic E-state index is 14.5. The number of Topliss-reactive ketones (excluding diaryl/α,β-unsaturated/α-hetero) is 1. The molecule has 1 aliphatic heterocycles. The number of carbonyl (C=O) groups excluding carboxylic acids is 5. The third-order valence-electron chi connectivity index (χ3n) is 18.3. The van der Waals surface area contributed by atoms with E-state index in [4.69, 9.17) is 9.84 Å². The number of hydrogen-bond donors (Lipinski definition) is 3. The molecule has 0 aromatic heterocycles. The number of esters is 1. The molecule has 348 valence electrons. The quantitative estimate of drug-likeness (QED) is 0.167. The van der Waals surface area contributed by atoms with Crippen molar-refractivity contribution < 1.29 is 33.8 Å². The average molecular weight is 871 g/mol. The molecule has 8 rings (SSSR count). The molecule has 1 aromatic rings. The van der Waals surface area contributed by atoms with Crippen molar-refractivity contribution in [1.29, 1.82) is 0 Å². The number of nitrogens with one attached hydrogen (secondary N) is 2. The van der Waals surface area contributed by atoms with Crippen LogP contribution in [0, 0.1) is 64.1 Å². The minimum absolute atomic E-state index is 0.0298. The van der Waals surface area contributed by atoms with E-state index < -0.39 is 11.1 Å². The Labute approximate surface area is 377 Å². The van der Waals surface area contributed by atoms with Crippen molar-refractivity contribution in [3.8, 4) is 0 Å². The van der Waals surface area contributed by atoms with Crippen LogP contribution in [0.3, 0.4) is 0 Å². The first kappa shape index (κ1) is 47.5. The maximum absolute atomic E-state index is 14.5. The van der Waals surface area contributed by atoms with E-state index in [2.05, 4.69) is 62.1 Å². The summed E-state index contributed by atoms with van der Waals surface area (Å²) < 4.78 is 6.29. The summed E-state index contributed by atoms with van der Waals surface area (Å²) in [6, 6.07) is 7.74. The molecule has 0 bridgehead atoms. The maximum Gasteiger partial charge on any atom is 0.309 e. The van der Waals surface area contributed by atoms with Gasteiger partial charge in [-0.25, -0.2) is 0 Å². The summed E-state index contributed by atoms with van der Waals surface area (Å²) in [6.45, 7) is 22.2. The Bertz CT molecular complexity index is 1940. The minimum atomic E-state index is -1.20. The van der Waals surface area contributed by atoms with Gasteiger partial charge in [0.2, 0.25) is 5.91 Å². The van der Waals surface area contributed by atoms with E-state index in [1.807, 2.05) is 31.2 Å². The number of piperazine rings is 1. The monoisotopic (exact) mass is 871 g/mol. The van der Waals surface area contributed by atoms with Gasteiger partial charge in [-0.3, -0.25) is 24.1 Å². The number of aldehydes is 1. The molecule has 1 heterocycles. The molecule has 5 saturated carbocycles. The van der Waals surface area contributed by atoms with E-state index in [0.29, 0.717) is 29.7 Å². The van der Waals surface area contributed by atoms with Gasteiger partial charge >= 0.3 is 5.97 Å². The molecule has 1 aromatic carbocycles. The Morgan fingerprint density at radius 2 is 1.54 bits per heavy atom. The van der Waals surface area contributed by atoms with Crippen LogP contribution in [0.4, 0.5) is 0 Å². The minimum Gasteiger partial charge on any atom is -0.462 e. The zero-order valence-electron chi connectivity index (χ0n) is 40.1. The molecule has 12 unspecified atom stereocenters. The number of allylic oxidation sites excluding steroid dienone is 1. The zero-order valence-corrected chi connectivity index (χ0v) is 40.1. The van der Waals surface area contributed by atoms with Gasteiger partial charge < -0.3 is 30.2 Å². The Morgan fingerprint density at radius 3 is 2.17 bits per heavy atom. The summed E-state index contributed by atoms with van der Waals surface area (Å²) in [6.07, 6.45) is 9.67. The van der Waals surface area contributed by atoms with E-state index in [1.165, 1.54) is 11.1 Å². The number of nitrogens with zero attached hydrogens (tertiary/aromatic N) is 2. The van der Waals surface area contributed by atoms with Crippen LogP contribution >= 0.6 is 0 Å². The van der Waals surface area contributed by atoms with Crippen LogP contribution in [-0.4, -0.2) is 102 Å². The highest BCUT2D eigenvalue weighted by molar-refractivity contribution is 6.03. The van der Waals surface area contributed by atoms with E-state index in [0.717, 1.165) is 103 Å². The summed E-state index contributed by atoms with van der Waals surface area (Å²) >= 11 is 0. The molecule has 2 amide bonds. The Kier molecular flexibility index (Phi) is 13.7. The van der Waals surface area contributed by atoms with Gasteiger partial charge in [-0.1, -0.05) is 53.7 Å². The molecule has 0 radical (unpaired) electrons. The Morgan fingerprint density at radius 1 is 0.905 bits per heavy atom. The van der Waals surface area contributed by atoms with Crippen LogP contribution < -0.4 is 10.6 Å². The molecule has 6 fully saturated rings. The lowest BCUT2D eigenvalue weighted by Gasteiger charge is -2.67. The highest BCUT2D eigenvalue weighted by atomic mass is 16.5. The second-order valence-corrected chi connectivity index (χ2v) is 22.4. The topological polar surface area (TPSA) is 145 Å². The lowest BCUT2D eigenvalue weighted by Crippen LogP contribution is -2.65. The SMILES string of the molecule is CC(C)C1=C2C3CCC4C(C)(CCC5C(C)C(OC(=O)C6CC(C=O)C6C)CCC54C)C3CCC2(NC(=O)C(C)(C)NC(=O)c2ccc(CN3CCN(C)CC3)cc2)CC1=O.CO. The van der Waals surface area contributed by atoms with Gasteiger partial charge in [0.1, 0.15) is 17.9 Å². The van der Waals surface area contributed by atoms with E-state index >= 15 is 0 Å². The molecule has 63 heavy (non-hydrogen) atoms. The number of aliphatic hydroxyl groups excluding tert-OH is 1. The van der Waals surface area contributed by atoms with Crippen LogP contribution in [0.15, 0.2) is 35.4 Å². The van der Waals surface area contributed by atoms with E-state index in [-0.39, 0.29) is 82.4 Å². The predicted octanol–water partition coefficient (Wildman–Crippen LogP) is 7.00. The predicted molar refractivity (Wildman–Crippen MR) is 244 cm³/mol. The molecular formula is C52H78N4O7. The number of hydrogen-bond acceptors (Lipinski definition) is 9. The highest BCUT2D eigenvalue weighted by Crippen LogP contribution is 2.70. The highest BCUT2D eigenvalue weighted by Gasteiger charge is 2.65. The standard InChI is InChI=1S/C51H74N4O6.CH4O/c1-30(2)43-40(57)27-51(53-47(60)48(5,6)52-45(58)34-12-10-33(11-13-34)28-55-24-22-54(9)23-25-55)21-17-39-36(44(43)51)14-15-42-49(7)20-18-41(32(4)38(49)16-19-50(39,42)8)61-46(59)37-26-35(29-56)31(37)3;1-2/h10-13,29-32,35-39,41-42H,14-28H2,1-9H3,(H,52,58)(H,53,60);2H,1H3. The summed E-state index contributed by atoms with van der Waals surface area (Å²) in [5.41, 5.74) is 2.07. The van der Waals surface area contributed by atoms with Crippen molar-refractivity contribution in [2.45, 2.75) is 143 Å². The third-order valence-corrected chi connectivity index (χ3v) is 18.3. The number of benzene rings is 1. The zero-order chi connectivity index (χ0) is 45.8. The summed E-state index contributed by atoms with van der Waals surface area (Å²) in [4.78, 5) is 71.7. The molecule has 6 aliphatic carbocycles. The van der Waals surface area contributed by atoms with Gasteiger partial charge in [0.25, 0.3) is 5.91 Å². The number of ether oxygens (including phenoxy) is 1. The van der Waals surface area contributed by atoms with Crippen LogP contribution in [-0.2, 0) is 30.5 Å². The van der Waals surface area contributed by atoms with Gasteiger partial charge in [-0.15, -0.1) is 0 Å².